The predicted octanol–water partition coefficient (Wildman–Crippen LogP) is 2.54. The van der Waals surface area contributed by atoms with Crippen molar-refractivity contribution in [2.24, 2.45) is 0 Å². The lowest BCUT2D eigenvalue weighted by molar-refractivity contribution is -0.151. The van der Waals surface area contributed by atoms with Crippen LogP contribution in [0.1, 0.15) is 12.0 Å². The van der Waals surface area contributed by atoms with Gasteiger partial charge in [0.2, 0.25) is 0 Å². The van der Waals surface area contributed by atoms with Gasteiger partial charge in [-0.25, -0.2) is 0 Å². The number of anilines is 1. The van der Waals surface area contributed by atoms with Crippen molar-refractivity contribution < 1.29 is 23.9 Å². The molecule has 0 unspecified atom stereocenters. The number of amides is 2. The van der Waals surface area contributed by atoms with Crippen LogP contribution in [0.15, 0.2) is 53.4 Å². The molecule has 1 heterocycles. The average molecular weight is 414 g/mol. The number of aryl methyl sites for hydroxylation is 1. The van der Waals surface area contributed by atoms with Crippen LogP contribution in [0.5, 0.6) is 5.75 Å². The Morgan fingerprint density at radius 3 is 2.72 bits per heavy atom. The van der Waals surface area contributed by atoms with Gasteiger partial charge in [-0.1, -0.05) is 29.8 Å². The minimum atomic E-state index is -0.980. The van der Waals surface area contributed by atoms with Gasteiger partial charge < -0.3 is 20.1 Å². The molecule has 2 aromatic rings. The fourth-order valence-electron chi connectivity index (χ4n) is 2.63. The normalized spacial score (nSPS) is 14.9. The van der Waals surface area contributed by atoms with Crippen molar-refractivity contribution >= 4 is 35.2 Å². The number of thioether (sulfide) groups is 1. The van der Waals surface area contributed by atoms with E-state index in [1.54, 1.807) is 36.0 Å². The zero-order valence-corrected chi connectivity index (χ0v) is 16.8. The number of benzene rings is 2. The zero-order chi connectivity index (χ0) is 20.6. The Morgan fingerprint density at radius 1 is 1.17 bits per heavy atom. The first-order valence-corrected chi connectivity index (χ1v) is 10.2. The van der Waals surface area contributed by atoms with Gasteiger partial charge in [0.1, 0.15) is 5.75 Å². The molecule has 3 rings (SSSR count). The molecule has 0 saturated carbocycles. The van der Waals surface area contributed by atoms with Gasteiger partial charge in [-0.05, 0) is 31.2 Å². The van der Waals surface area contributed by atoms with Gasteiger partial charge in [-0.15, -0.1) is 11.8 Å². The van der Waals surface area contributed by atoms with Crippen LogP contribution in [0.3, 0.4) is 0 Å². The van der Waals surface area contributed by atoms with E-state index < -0.39 is 18.0 Å². The highest BCUT2D eigenvalue weighted by Crippen LogP contribution is 2.29. The summed E-state index contributed by atoms with van der Waals surface area (Å²) in [5.74, 6) is -0.277. The molecular formula is C21H22N2O5S. The molecule has 29 heavy (non-hydrogen) atoms. The van der Waals surface area contributed by atoms with Gasteiger partial charge in [0, 0.05) is 17.2 Å². The van der Waals surface area contributed by atoms with Crippen LogP contribution in [-0.2, 0) is 19.1 Å². The number of rotatable bonds is 8. The van der Waals surface area contributed by atoms with Gasteiger partial charge >= 0.3 is 5.97 Å². The second-order valence-electron chi connectivity index (χ2n) is 6.47. The SMILES string of the molecule is Cc1ccc(SCCNC(=O)COC(=O)C[C@H]2Oc3ccccc3NC2=O)cc1. The summed E-state index contributed by atoms with van der Waals surface area (Å²) in [5.41, 5.74) is 1.76. The number of hydrogen-bond donors (Lipinski definition) is 2. The van der Waals surface area contributed by atoms with E-state index in [4.69, 9.17) is 9.47 Å². The standard InChI is InChI=1S/C21H22N2O5S/c1-14-6-8-15(9-7-14)29-11-10-22-19(24)13-27-20(25)12-18-21(26)23-16-4-2-3-5-17(16)28-18/h2-9,18H,10-13H2,1H3,(H,22,24)(H,23,26)/t18-/m1/s1. The van der Waals surface area contributed by atoms with Gasteiger partial charge in [0.25, 0.3) is 11.8 Å². The van der Waals surface area contributed by atoms with Crippen molar-refractivity contribution in [2.75, 3.05) is 24.2 Å². The van der Waals surface area contributed by atoms with Crippen molar-refractivity contribution in [1.82, 2.24) is 5.32 Å². The summed E-state index contributed by atoms with van der Waals surface area (Å²) >= 11 is 1.63. The van der Waals surface area contributed by atoms with Crippen molar-refractivity contribution in [3.05, 3.63) is 54.1 Å². The highest BCUT2D eigenvalue weighted by atomic mass is 32.2. The maximum atomic E-state index is 12.0. The summed E-state index contributed by atoms with van der Waals surface area (Å²) < 4.78 is 10.5. The molecule has 1 atom stereocenters. The molecule has 0 bridgehead atoms. The van der Waals surface area contributed by atoms with E-state index in [0.717, 1.165) is 4.90 Å². The molecule has 152 valence electrons. The predicted molar refractivity (Wildman–Crippen MR) is 110 cm³/mol. The number of esters is 1. The van der Waals surface area contributed by atoms with Crippen LogP contribution in [-0.4, -0.2) is 42.8 Å². The summed E-state index contributed by atoms with van der Waals surface area (Å²) in [6.07, 6.45) is -1.25. The Balaban J connectivity index is 1.33. The third-order valence-corrected chi connectivity index (χ3v) is 5.15. The highest BCUT2D eigenvalue weighted by Gasteiger charge is 2.30. The molecule has 0 spiro atoms. The van der Waals surface area contributed by atoms with Crippen LogP contribution < -0.4 is 15.4 Å². The molecular weight excluding hydrogens is 392 g/mol. The minimum Gasteiger partial charge on any atom is -0.478 e. The number of para-hydroxylation sites is 2. The lowest BCUT2D eigenvalue weighted by Gasteiger charge is -2.25. The topological polar surface area (TPSA) is 93.7 Å². The number of ether oxygens (including phenoxy) is 2. The van der Waals surface area contributed by atoms with Crippen LogP contribution in [0, 0.1) is 6.92 Å². The van der Waals surface area contributed by atoms with Crippen molar-refractivity contribution in [3.8, 4) is 5.75 Å². The molecule has 0 fully saturated rings. The molecule has 8 heteroatoms. The van der Waals surface area contributed by atoms with E-state index in [9.17, 15) is 14.4 Å². The smallest absolute Gasteiger partial charge is 0.310 e. The molecule has 2 N–H and O–H groups in total. The lowest BCUT2D eigenvalue weighted by atomic mass is 10.1. The van der Waals surface area contributed by atoms with Crippen molar-refractivity contribution in [1.29, 1.82) is 0 Å². The molecule has 2 amide bonds. The van der Waals surface area contributed by atoms with E-state index in [-0.39, 0.29) is 18.9 Å². The van der Waals surface area contributed by atoms with Gasteiger partial charge in [-0.3, -0.25) is 14.4 Å². The van der Waals surface area contributed by atoms with Crippen LogP contribution in [0.25, 0.3) is 0 Å². The van der Waals surface area contributed by atoms with Crippen molar-refractivity contribution in [2.45, 2.75) is 24.3 Å². The fraction of sp³-hybridized carbons (Fsp3) is 0.286. The molecule has 1 aliphatic heterocycles. The highest BCUT2D eigenvalue weighted by molar-refractivity contribution is 7.99. The van der Waals surface area contributed by atoms with Gasteiger partial charge in [-0.2, -0.15) is 0 Å². The average Bonchev–Trinajstić information content (AvgIpc) is 2.71. The Bertz CT molecular complexity index is 885. The number of carbonyl (C=O) groups is 3. The monoisotopic (exact) mass is 414 g/mol. The van der Waals surface area contributed by atoms with Gasteiger partial charge in [0.15, 0.2) is 12.7 Å². The summed E-state index contributed by atoms with van der Waals surface area (Å²) in [4.78, 5) is 36.9. The first-order valence-electron chi connectivity index (χ1n) is 9.19. The van der Waals surface area contributed by atoms with E-state index in [2.05, 4.69) is 10.6 Å². The summed E-state index contributed by atoms with van der Waals surface area (Å²) in [6, 6.07) is 15.1. The largest absolute Gasteiger partial charge is 0.478 e. The zero-order valence-electron chi connectivity index (χ0n) is 16.0. The Kier molecular flexibility index (Phi) is 7.13. The maximum absolute atomic E-state index is 12.0. The second-order valence-corrected chi connectivity index (χ2v) is 7.64. The molecule has 0 aliphatic carbocycles. The fourth-order valence-corrected chi connectivity index (χ4v) is 3.40. The number of hydrogen-bond acceptors (Lipinski definition) is 6. The van der Waals surface area contributed by atoms with E-state index in [0.29, 0.717) is 23.7 Å². The molecule has 0 aromatic heterocycles. The first kappa shape index (κ1) is 20.7. The Hall–Kier alpha value is -3.00. The van der Waals surface area contributed by atoms with E-state index in [1.165, 1.54) is 5.56 Å². The van der Waals surface area contributed by atoms with Crippen LogP contribution in [0.4, 0.5) is 5.69 Å². The lowest BCUT2D eigenvalue weighted by Crippen LogP contribution is -2.39. The summed E-state index contributed by atoms with van der Waals surface area (Å²) in [7, 11) is 0. The minimum absolute atomic E-state index is 0.267. The molecule has 1 aliphatic rings. The quantitative estimate of drug-likeness (QED) is 0.392. The molecule has 0 saturated heterocycles. The number of fused-ring (bicyclic) bond motifs is 1. The molecule has 0 radical (unpaired) electrons. The van der Waals surface area contributed by atoms with Crippen molar-refractivity contribution in [3.63, 3.8) is 0 Å². The Morgan fingerprint density at radius 2 is 1.93 bits per heavy atom. The van der Waals surface area contributed by atoms with Crippen LogP contribution in [0.2, 0.25) is 0 Å². The first-order chi connectivity index (χ1) is 14.0. The second kappa shape index (κ2) is 9.97. The third-order valence-electron chi connectivity index (χ3n) is 4.14. The maximum Gasteiger partial charge on any atom is 0.310 e. The van der Waals surface area contributed by atoms with E-state index in [1.807, 2.05) is 31.2 Å². The molecule has 7 nitrogen and oxygen atoms in total. The van der Waals surface area contributed by atoms with Gasteiger partial charge in [0.05, 0.1) is 12.1 Å². The summed E-state index contributed by atoms with van der Waals surface area (Å²) in [6.45, 7) is 2.10. The number of nitrogens with one attached hydrogen (secondary N) is 2. The molecule has 2 aromatic carbocycles. The summed E-state index contributed by atoms with van der Waals surface area (Å²) in [5, 5.41) is 5.38. The number of carbonyl (C=O) groups excluding carboxylic acids is 3. The van der Waals surface area contributed by atoms with E-state index >= 15 is 0 Å². The van der Waals surface area contributed by atoms with Crippen LogP contribution >= 0.6 is 11.8 Å². The third kappa shape index (κ3) is 6.25. The Labute approximate surface area is 173 Å².